The van der Waals surface area contributed by atoms with Crippen LogP contribution < -0.4 is 10.1 Å². The van der Waals surface area contributed by atoms with E-state index in [0.29, 0.717) is 12.4 Å². The van der Waals surface area contributed by atoms with Crippen LogP contribution in [0.3, 0.4) is 0 Å². The number of rotatable bonds is 4. The molecule has 108 valence electrons. The number of aryl methyl sites for hydroxylation is 2. The molecule has 21 heavy (non-hydrogen) atoms. The summed E-state index contributed by atoms with van der Waals surface area (Å²) in [5.41, 5.74) is 2.38. The van der Waals surface area contributed by atoms with E-state index in [1.165, 1.54) is 11.1 Å². The number of nitrogens with zero attached hydrogens (tertiary/aromatic N) is 2. The molecule has 2 heterocycles. The predicted octanol–water partition coefficient (Wildman–Crippen LogP) is 3.93. The monoisotopic (exact) mass is 299 g/mol. The van der Waals surface area contributed by atoms with E-state index in [1.54, 1.807) is 11.3 Å². The molecule has 0 aliphatic rings. The number of benzene rings is 1. The number of hydrogen-bond acceptors (Lipinski definition) is 5. The number of aromatic nitrogens is 2. The molecule has 0 saturated carbocycles. The lowest BCUT2D eigenvalue weighted by atomic mass is 10.1. The molecule has 0 atom stereocenters. The van der Waals surface area contributed by atoms with Crippen molar-refractivity contribution in [2.45, 2.75) is 20.5 Å². The minimum absolute atomic E-state index is 0.366. The number of hydrogen-bond donors (Lipinski definition) is 1. The van der Waals surface area contributed by atoms with Crippen LogP contribution in [0.2, 0.25) is 0 Å². The summed E-state index contributed by atoms with van der Waals surface area (Å²) in [6.45, 7) is 4.49. The first kappa shape index (κ1) is 13.8. The van der Waals surface area contributed by atoms with Crippen LogP contribution in [0.5, 0.6) is 5.75 Å². The molecule has 1 aromatic carbocycles. The Bertz CT molecular complexity index is 762. The van der Waals surface area contributed by atoms with Gasteiger partial charge >= 0.3 is 0 Å². The van der Waals surface area contributed by atoms with Crippen LogP contribution in [-0.2, 0) is 6.61 Å². The smallest absolute Gasteiger partial charge is 0.169 e. The molecule has 2 aromatic heterocycles. The summed E-state index contributed by atoms with van der Waals surface area (Å²) in [5.74, 6) is 2.39. The summed E-state index contributed by atoms with van der Waals surface area (Å²) in [5, 5.41) is 6.19. The maximum atomic E-state index is 5.83. The summed E-state index contributed by atoms with van der Waals surface area (Å²) >= 11 is 1.61. The Morgan fingerprint density at radius 2 is 1.90 bits per heavy atom. The number of ether oxygens (including phenoxy) is 1. The second kappa shape index (κ2) is 5.69. The Morgan fingerprint density at radius 3 is 2.62 bits per heavy atom. The Kier molecular flexibility index (Phi) is 3.75. The fourth-order valence-corrected chi connectivity index (χ4v) is 3.10. The first-order chi connectivity index (χ1) is 10.2. The molecule has 0 saturated heterocycles. The van der Waals surface area contributed by atoms with Crippen molar-refractivity contribution in [1.82, 2.24) is 9.97 Å². The summed E-state index contributed by atoms with van der Waals surface area (Å²) in [6.07, 6.45) is 0. The van der Waals surface area contributed by atoms with Gasteiger partial charge in [0.1, 0.15) is 23.0 Å². The van der Waals surface area contributed by atoms with Crippen molar-refractivity contribution in [2.75, 3.05) is 12.4 Å². The maximum absolute atomic E-state index is 5.83. The topological polar surface area (TPSA) is 47.0 Å². The van der Waals surface area contributed by atoms with Crippen molar-refractivity contribution in [2.24, 2.45) is 0 Å². The average molecular weight is 299 g/mol. The Balaban J connectivity index is 1.84. The largest absolute Gasteiger partial charge is 0.486 e. The molecular weight excluding hydrogens is 282 g/mol. The number of fused-ring (bicyclic) bond motifs is 1. The molecule has 0 amide bonds. The summed E-state index contributed by atoms with van der Waals surface area (Å²) in [6, 6.07) is 8.20. The third-order valence-corrected chi connectivity index (χ3v) is 3.98. The molecule has 0 bridgehead atoms. The van der Waals surface area contributed by atoms with Crippen molar-refractivity contribution in [1.29, 1.82) is 0 Å². The van der Waals surface area contributed by atoms with Crippen molar-refractivity contribution in [3.8, 4) is 5.75 Å². The number of anilines is 1. The van der Waals surface area contributed by atoms with Gasteiger partial charge in [-0.05, 0) is 48.6 Å². The summed E-state index contributed by atoms with van der Waals surface area (Å²) in [4.78, 5) is 10.0. The normalized spacial score (nSPS) is 10.8. The third-order valence-electron chi connectivity index (χ3n) is 3.17. The van der Waals surface area contributed by atoms with E-state index in [4.69, 9.17) is 4.74 Å². The highest BCUT2D eigenvalue weighted by Crippen LogP contribution is 2.25. The van der Waals surface area contributed by atoms with Crippen molar-refractivity contribution < 1.29 is 4.74 Å². The fourth-order valence-electron chi connectivity index (χ4n) is 2.32. The third kappa shape index (κ3) is 2.97. The molecule has 0 radical (unpaired) electrons. The highest BCUT2D eigenvalue weighted by molar-refractivity contribution is 7.16. The second-order valence-electron chi connectivity index (χ2n) is 4.99. The zero-order chi connectivity index (χ0) is 14.8. The minimum Gasteiger partial charge on any atom is -0.486 e. The standard InChI is InChI=1S/C16H17N3OS/c1-10-6-11(2)8-12(7-10)20-9-14-18-15(17-3)13-4-5-21-16(13)19-14/h4-8H,9H2,1-3H3,(H,17,18,19). The van der Waals surface area contributed by atoms with Crippen LogP contribution in [0, 0.1) is 13.8 Å². The van der Waals surface area contributed by atoms with Crippen LogP contribution in [-0.4, -0.2) is 17.0 Å². The van der Waals surface area contributed by atoms with Crippen LogP contribution in [0.4, 0.5) is 5.82 Å². The quantitative estimate of drug-likeness (QED) is 0.793. The zero-order valence-electron chi connectivity index (χ0n) is 12.3. The summed E-state index contributed by atoms with van der Waals surface area (Å²) in [7, 11) is 1.87. The Labute approximate surface area is 127 Å². The average Bonchev–Trinajstić information content (AvgIpc) is 2.91. The molecule has 5 heteroatoms. The van der Waals surface area contributed by atoms with Gasteiger partial charge in [0, 0.05) is 7.05 Å². The molecule has 0 fully saturated rings. The van der Waals surface area contributed by atoms with E-state index < -0.39 is 0 Å². The lowest BCUT2D eigenvalue weighted by molar-refractivity contribution is 0.296. The molecule has 0 unspecified atom stereocenters. The molecule has 4 nitrogen and oxygen atoms in total. The highest BCUT2D eigenvalue weighted by Gasteiger charge is 2.08. The van der Waals surface area contributed by atoms with E-state index in [0.717, 1.165) is 21.8 Å². The SMILES string of the molecule is CNc1nc(COc2cc(C)cc(C)c2)nc2sccc12. The van der Waals surface area contributed by atoms with Gasteiger partial charge in [-0.1, -0.05) is 6.07 Å². The van der Waals surface area contributed by atoms with E-state index in [1.807, 2.05) is 30.6 Å². The van der Waals surface area contributed by atoms with Crippen LogP contribution in [0.15, 0.2) is 29.6 Å². The van der Waals surface area contributed by atoms with Crippen LogP contribution in [0.25, 0.3) is 10.2 Å². The zero-order valence-corrected chi connectivity index (χ0v) is 13.1. The van der Waals surface area contributed by atoms with Crippen molar-refractivity contribution in [3.63, 3.8) is 0 Å². The van der Waals surface area contributed by atoms with E-state index in [-0.39, 0.29) is 0 Å². The molecular formula is C16H17N3OS. The lowest BCUT2D eigenvalue weighted by Crippen LogP contribution is -2.04. The van der Waals surface area contributed by atoms with Crippen molar-refractivity contribution in [3.05, 3.63) is 46.6 Å². The molecule has 3 aromatic rings. The molecule has 0 aliphatic carbocycles. The van der Waals surface area contributed by atoms with Gasteiger partial charge in [0.05, 0.1) is 5.39 Å². The van der Waals surface area contributed by atoms with E-state index in [2.05, 4.69) is 35.2 Å². The van der Waals surface area contributed by atoms with Gasteiger partial charge in [-0.25, -0.2) is 9.97 Å². The van der Waals surface area contributed by atoms with Gasteiger partial charge in [-0.15, -0.1) is 11.3 Å². The first-order valence-corrected chi connectivity index (χ1v) is 7.66. The highest BCUT2D eigenvalue weighted by atomic mass is 32.1. The molecule has 0 aliphatic heterocycles. The summed E-state index contributed by atoms with van der Waals surface area (Å²) < 4.78 is 5.83. The second-order valence-corrected chi connectivity index (χ2v) is 5.88. The lowest BCUT2D eigenvalue weighted by Gasteiger charge is -2.09. The Hall–Kier alpha value is -2.14. The van der Waals surface area contributed by atoms with Gasteiger partial charge < -0.3 is 10.1 Å². The van der Waals surface area contributed by atoms with Gasteiger partial charge in [-0.3, -0.25) is 0 Å². The van der Waals surface area contributed by atoms with E-state index >= 15 is 0 Å². The van der Waals surface area contributed by atoms with Crippen LogP contribution in [0.1, 0.15) is 17.0 Å². The Morgan fingerprint density at radius 1 is 1.14 bits per heavy atom. The van der Waals surface area contributed by atoms with Crippen molar-refractivity contribution >= 4 is 27.4 Å². The number of thiophene rings is 1. The molecule has 0 spiro atoms. The predicted molar refractivity (Wildman–Crippen MR) is 87.2 cm³/mol. The van der Waals surface area contributed by atoms with Gasteiger partial charge in [0.15, 0.2) is 5.82 Å². The number of nitrogens with one attached hydrogen (secondary N) is 1. The maximum Gasteiger partial charge on any atom is 0.169 e. The fraction of sp³-hybridized carbons (Fsp3) is 0.250. The molecule has 1 N–H and O–H groups in total. The molecule has 3 rings (SSSR count). The first-order valence-electron chi connectivity index (χ1n) is 6.78. The van der Waals surface area contributed by atoms with Gasteiger partial charge in [0.2, 0.25) is 0 Å². The van der Waals surface area contributed by atoms with Gasteiger partial charge in [0.25, 0.3) is 0 Å². The van der Waals surface area contributed by atoms with Gasteiger partial charge in [-0.2, -0.15) is 0 Å². The van der Waals surface area contributed by atoms with Crippen LogP contribution >= 0.6 is 11.3 Å². The van der Waals surface area contributed by atoms with E-state index in [9.17, 15) is 0 Å². The minimum atomic E-state index is 0.366.